The Morgan fingerprint density at radius 3 is 2.54 bits per heavy atom. The van der Waals surface area contributed by atoms with Gasteiger partial charge in [0, 0.05) is 17.3 Å². The molecule has 1 N–H and O–H groups in total. The van der Waals surface area contributed by atoms with E-state index in [4.69, 9.17) is 18.3 Å². The Kier molecular flexibility index (Phi) is 4.44. The molecule has 1 aromatic carbocycles. The van der Waals surface area contributed by atoms with Gasteiger partial charge in [0.1, 0.15) is 11.5 Å². The van der Waals surface area contributed by atoms with Gasteiger partial charge in [0.25, 0.3) is 6.43 Å². The molecule has 35 heavy (non-hydrogen) atoms. The summed E-state index contributed by atoms with van der Waals surface area (Å²) in [6.45, 7) is 0. The molecule has 0 saturated carbocycles. The number of aliphatic hydroxyl groups is 1. The lowest BCUT2D eigenvalue weighted by Gasteiger charge is -2.39. The molecule has 4 fully saturated rings. The number of carbonyl (C=O) groups excluding carboxylic acids is 1. The second-order valence-electron chi connectivity index (χ2n) is 7.65. The maximum absolute atomic E-state index is 15.1. The van der Waals surface area contributed by atoms with Crippen LogP contribution in [-0.2, 0) is 29.9 Å². The number of pyridine rings is 1. The number of phosphoric acid groups is 1. The zero-order valence-electron chi connectivity index (χ0n) is 17.3. The number of ether oxygens (including phenoxy) is 1. The third-order valence-electron chi connectivity index (χ3n) is 5.53. The van der Waals surface area contributed by atoms with E-state index >= 15 is 4.39 Å². The van der Waals surface area contributed by atoms with E-state index in [2.05, 4.69) is 20.4 Å². The van der Waals surface area contributed by atoms with Gasteiger partial charge in [-0.2, -0.15) is 4.80 Å². The number of anilines is 1. The Balaban J connectivity index is 1.34. The quantitative estimate of drug-likeness (QED) is 0.501. The topological polar surface area (TPSA) is 151 Å². The average molecular weight is 512 g/mol. The van der Waals surface area contributed by atoms with E-state index in [9.17, 15) is 23.2 Å². The summed E-state index contributed by atoms with van der Waals surface area (Å²) >= 11 is 0. The Labute approximate surface area is 192 Å². The zero-order valence-corrected chi connectivity index (χ0v) is 18.2. The monoisotopic (exact) mass is 512 g/mol. The van der Waals surface area contributed by atoms with Crippen LogP contribution < -0.4 is 4.90 Å². The van der Waals surface area contributed by atoms with Crippen LogP contribution in [0.15, 0.2) is 36.5 Å². The van der Waals surface area contributed by atoms with E-state index < -0.39 is 44.0 Å². The summed E-state index contributed by atoms with van der Waals surface area (Å²) in [6.07, 6.45) is -6.24. The van der Waals surface area contributed by atoms with E-state index in [-0.39, 0.29) is 17.1 Å². The third-order valence-corrected chi connectivity index (χ3v) is 6.96. The number of phosphoric ester groups is 1. The number of tetrazole rings is 1. The normalized spacial score (nSPS) is 29.8. The number of hydrogen-bond acceptors (Lipinski definition) is 11. The Morgan fingerprint density at radius 1 is 1.17 bits per heavy atom. The van der Waals surface area contributed by atoms with E-state index in [1.807, 2.05) is 0 Å². The molecule has 0 radical (unpaired) electrons. The molecule has 17 heteroatoms. The maximum atomic E-state index is 15.1. The lowest BCUT2D eigenvalue weighted by molar-refractivity contribution is -0.297. The summed E-state index contributed by atoms with van der Waals surface area (Å²) in [4.78, 5) is 18.5. The van der Waals surface area contributed by atoms with Crippen molar-refractivity contribution in [2.75, 3.05) is 4.90 Å². The molecule has 2 aromatic heterocycles. The van der Waals surface area contributed by atoms with Crippen molar-refractivity contribution in [1.82, 2.24) is 25.2 Å². The maximum Gasteiger partial charge on any atom is 0.486 e. The van der Waals surface area contributed by atoms with Gasteiger partial charge in [-0.15, -0.1) is 10.2 Å². The van der Waals surface area contributed by atoms with Crippen LogP contribution in [0.4, 0.5) is 23.7 Å². The van der Waals surface area contributed by atoms with Gasteiger partial charge in [-0.1, -0.05) is 6.07 Å². The second-order valence-corrected chi connectivity index (χ2v) is 9.09. The van der Waals surface area contributed by atoms with Crippen LogP contribution in [0.1, 0.15) is 0 Å². The largest absolute Gasteiger partial charge is 0.486 e. The van der Waals surface area contributed by atoms with Gasteiger partial charge in [0.15, 0.2) is 6.10 Å². The van der Waals surface area contributed by atoms with Crippen molar-refractivity contribution in [2.24, 2.45) is 7.05 Å². The highest BCUT2D eigenvalue weighted by Gasteiger charge is 2.92. The highest BCUT2D eigenvalue weighted by atomic mass is 31.2. The Morgan fingerprint density at radius 2 is 1.94 bits per heavy atom. The number of rotatable bonds is 5. The van der Waals surface area contributed by atoms with Crippen LogP contribution in [0.5, 0.6) is 0 Å². The van der Waals surface area contributed by atoms with E-state index in [0.717, 1.165) is 6.07 Å². The summed E-state index contributed by atoms with van der Waals surface area (Å²) in [5, 5.41) is 21.5. The summed E-state index contributed by atoms with van der Waals surface area (Å²) in [6, 6.07) is 6.51. The van der Waals surface area contributed by atoms with Gasteiger partial charge in [-0.3, -0.25) is 4.98 Å². The minimum Gasteiger partial charge on any atom is -0.404 e. The molecule has 7 rings (SSSR count). The molecule has 13 nitrogen and oxygen atoms in total. The fourth-order valence-electron chi connectivity index (χ4n) is 4.01. The van der Waals surface area contributed by atoms with Gasteiger partial charge in [0.2, 0.25) is 5.82 Å². The van der Waals surface area contributed by atoms with Crippen molar-refractivity contribution < 1.29 is 45.9 Å². The molecule has 0 aliphatic carbocycles. The number of halogens is 3. The van der Waals surface area contributed by atoms with Gasteiger partial charge in [0.05, 0.1) is 12.7 Å². The number of aryl methyl sites for hydroxylation is 1. The van der Waals surface area contributed by atoms with E-state index in [0.29, 0.717) is 16.2 Å². The fourth-order valence-corrected chi connectivity index (χ4v) is 5.71. The number of hydrogen-bond donors (Lipinski definition) is 1. The van der Waals surface area contributed by atoms with Gasteiger partial charge >= 0.3 is 25.6 Å². The van der Waals surface area contributed by atoms with Crippen molar-refractivity contribution in [3.63, 3.8) is 0 Å². The van der Waals surface area contributed by atoms with Crippen LogP contribution in [0.2, 0.25) is 0 Å². The van der Waals surface area contributed by atoms with Crippen molar-refractivity contribution >= 4 is 19.6 Å². The van der Waals surface area contributed by atoms with Crippen molar-refractivity contribution in [3.8, 4) is 22.6 Å². The minimum absolute atomic E-state index is 0.0765. The average Bonchev–Trinajstić information content (AvgIpc) is 3.46. The second kappa shape index (κ2) is 7.05. The van der Waals surface area contributed by atoms with Crippen LogP contribution >= 0.6 is 7.82 Å². The molecule has 1 spiro atoms. The van der Waals surface area contributed by atoms with Crippen LogP contribution in [0.3, 0.4) is 0 Å². The van der Waals surface area contributed by atoms with Crippen LogP contribution in [-0.4, -0.2) is 60.6 Å². The van der Waals surface area contributed by atoms with Gasteiger partial charge in [-0.25, -0.2) is 41.0 Å². The molecule has 3 aromatic rings. The molecule has 6 heterocycles. The Bertz CT molecular complexity index is 1410. The van der Waals surface area contributed by atoms with Gasteiger partial charge in [-0.05, 0) is 29.5 Å². The summed E-state index contributed by atoms with van der Waals surface area (Å²) in [5.41, 5.74) is 0.574. The summed E-state index contributed by atoms with van der Waals surface area (Å²) < 4.78 is 73.6. The van der Waals surface area contributed by atoms with Crippen molar-refractivity contribution in [1.29, 1.82) is 0 Å². The first-order valence-corrected chi connectivity index (χ1v) is 11.3. The van der Waals surface area contributed by atoms with E-state index in [1.54, 1.807) is 19.2 Å². The molecular weight excluding hydrogens is 500 g/mol. The SMILES string of the molecule is Cn1nnc(-c2ccc(-c3ccc(N4C(=O)O[C@]5([C@@H](O)C(F)F)OP6(=O)OC45O6)cc3F)cn2)n1. The van der Waals surface area contributed by atoms with Crippen molar-refractivity contribution in [2.45, 2.75) is 24.2 Å². The lowest BCUT2D eigenvalue weighted by Crippen LogP contribution is -2.65. The molecule has 2 atom stereocenters. The van der Waals surface area contributed by atoms with Crippen molar-refractivity contribution in [3.05, 3.63) is 42.3 Å². The molecule has 182 valence electrons. The number of benzene rings is 1. The third kappa shape index (κ3) is 2.91. The minimum atomic E-state index is -4.36. The first kappa shape index (κ1) is 22.1. The van der Waals surface area contributed by atoms with E-state index in [1.165, 1.54) is 23.1 Å². The molecule has 4 aliphatic heterocycles. The molecule has 2 bridgehead atoms. The number of carbonyl (C=O) groups is 1. The Hall–Kier alpha value is -3.43. The lowest BCUT2D eigenvalue weighted by atomic mass is 10.0. The smallest absolute Gasteiger partial charge is 0.404 e. The standard InChI is InChI=1S/C18H12F3N6O7P/c1-26-24-15(23-25-26)12-5-2-8(7-22-12)10-4-3-9(6-11(10)19)27-16(29)31-17(13(28)14(20)21)18(27)33-35(30,32-17)34-18/h2-7,13-14,28H,1H3/t13-,17+,18?,35?/m0/s1. The summed E-state index contributed by atoms with van der Waals surface area (Å²) in [7, 11) is -2.77. The predicted molar refractivity (Wildman–Crippen MR) is 105 cm³/mol. The molecule has 0 unspecified atom stereocenters. The number of amides is 1. The number of alkyl halides is 2. The molecule has 4 saturated heterocycles. The summed E-state index contributed by atoms with van der Waals surface area (Å²) in [5.74, 6) is -6.13. The molecular formula is C18H12F3N6O7P. The number of nitrogens with zero attached hydrogens (tertiary/aromatic N) is 6. The van der Waals surface area contributed by atoms with Gasteiger partial charge < -0.3 is 9.84 Å². The van der Waals surface area contributed by atoms with Crippen LogP contribution in [0.25, 0.3) is 22.6 Å². The number of aliphatic hydroxyl groups excluding tert-OH is 1. The number of aromatic nitrogens is 5. The fraction of sp³-hybridized carbons (Fsp3) is 0.278. The van der Waals surface area contributed by atoms with Crippen LogP contribution in [0, 0.1) is 5.82 Å². The molecule has 1 amide bonds. The first-order chi connectivity index (χ1) is 16.6. The first-order valence-electron chi connectivity index (χ1n) is 9.80. The highest BCUT2D eigenvalue weighted by Crippen LogP contribution is 2.81. The highest BCUT2D eigenvalue weighted by molar-refractivity contribution is 7.50. The molecule has 4 aliphatic rings. The zero-order chi connectivity index (χ0) is 24.8. The predicted octanol–water partition coefficient (Wildman–Crippen LogP) is 2.20.